The molecule has 1 N–H and O–H groups in total. The number of rotatable bonds is 2. The monoisotopic (exact) mass is 379 g/mol. The van der Waals surface area contributed by atoms with E-state index in [2.05, 4.69) is 38.7 Å². The van der Waals surface area contributed by atoms with Crippen molar-refractivity contribution in [1.82, 2.24) is 24.3 Å². The zero-order chi connectivity index (χ0) is 18.7. The quantitative estimate of drug-likeness (QED) is 0.738. The number of ether oxygens (including phenoxy) is 1. The predicted molar refractivity (Wildman–Crippen MR) is 109 cm³/mol. The summed E-state index contributed by atoms with van der Waals surface area (Å²) < 4.78 is 7.86. The van der Waals surface area contributed by atoms with Crippen LogP contribution in [0.5, 0.6) is 0 Å². The highest BCUT2D eigenvalue weighted by Gasteiger charge is 2.46. The maximum Gasteiger partial charge on any atom is 0.156 e. The number of H-pyrrole nitrogens is 1. The molecule has 0 unspecified atom stereocenters. The molecule has 6 rings (SSSR count). The van der Waals surface area contributed by atoms with Crippen LogP contribution in [-0.4, -0.2) is 57.6 Å². The Morgan fingerprint density at radius 1 is 1.14 bits per heavy atom. The smallest absolute Gasteiger partial charge is 0.156 e. The number of fused-ring (bicyclic) bond motifs is 3. The van der Waals surface area contributed by atoms with Crippen molar-refractivity contribution < 1.29 is 4.74 Å². The van der Waals surface area contributed by atoms with E-state index in [-0.39, 0.29) is 0 Å². The van der Waals surface area contributed by atoms with Crippen LogP contribution in [0.2, 0.25) is 0 Å². The third-order valence-electron chi connectivity index (χ3n) is 7.65. The fourth-order valence-electron chi connectivity index (χ4n) is 5.79. The van der Waals surface area contributed by atoms with Crippen LogP contribution in [-0.2, 0) is 4.74 Å². The first kappa shape index (κ1) is 17.0. The van der Waals surface area contributed by atoms with E-state index in [0.717, 1.165) is 37.3 Å². The standard InChI is InChI=1S/C22H29N5O/c1-26-6-4-22(5-7-26)10-16(11-22)18-14-27-19(25-18)13-24-21-20(27)17(12-23-21)15-2-8-28-9-3-15/h12-16,23H,2-11H2,1H3. The summed E-state index contributed by atoms with van der Waals surface area (Å²) in [5, 5.41) is 0. The number of nitrogens with one attached hydrogen (secondary N) is 1. The lowest BCUT2D eigenvalue weighted by Gasteiger charge is -2.51. The van der Waals surface area contributed by atoms with E-state index in [0.29, 0.717) is 17.3 Å². The molecular formula is C22H29N5O. The molecule has 1 saturated carbocycles. The van der Waals surface area contributed by atoms with E-state index in [4.69, 9.17) is 9.72 Å². The number of aromatic amines is 1. The van der Waals surface area contributed by atoms with E-state index in [9.17, 15) is 0 Å². The van der Waals surface area contributed by atoms with Gasteiger partial charge in [-0.25, -0.2) is 9.97 Å². The molecule has 3 aromatic rings. The SMILES string of the molecule is CN1CCC2(CC1)CC(c1cn3c(cnc4[nH]cc(C5CCOCC5)c43)n1)C2. The summed E-state index contributed by atoms with van der Waals surface area (Å²) in [5.41, 5.74) is 6.40. The molecule has 0 bridgehead atoms. The molecule has 2 aliphatic heterocycles. The number of likely N-dealkylation sites (tertiary alicyclic amines) is 1. The highest BCUT2D eigenvalue weighted by atomic mass is 16.5. The summed E-state index contributed by atoms with van der Waals surface area (Å²) >= 11 is 0. The van der Waals surface area contributed by atoms with Crippen LogP contribution in [0.25, 0.3) is 16.8 Å². The summed E-state index contributed by atoms with van der Waals surface area (Å²) in [6, 6.07) is 0. The molecule has 0 aromatic carbocycles. The van der Waals surface area contributed by atoms with Crippen LogP contribution < -0.4 is 0 Å². The van der Waals surface area contributed by atoms with E-state index >= 15 is 0 Å². The fourth-order valence-corrected chi connectivity index (χ4v) is 5.79. The van der Waals surface area contributed by atoms with Crippen molar-refractivity contribution >= 4 is 16.8 Å². The van der Waals surface area contributed by atoms with E-state index in [1.54, 1.807) is 0 Å². The molecular weight excluding hydrogens is 350 g/mol. The van der Waals surface area contributed by atoms with E-state index in [1.807, 2.05) is 6.20 Å². The van der Waals surface area contributed by atoms with Crippen molar-refractivity contribution in [3.05, 3.63) is 29.8 Å². The minimum Gasteiger partial charge on any atom is -0.381 e. The molecule has 0 amide bonds. The normalized spacial score (nSPS) is 24.3. The van der Waals surface area contributed by atoms with Crippen LogP contribution in [0.15, 0.2) is 18.6 Å². The summed E-state index contributed by atoms with van der Waals surface area (Å²) in [4.78, 5) is 15.5. The summed E-state index contributed by atoms with van der Waals surface area (Å²) in [6.45, 7) is 4.21. The fraction of sp³-hybridized carbons (Fsp3) is 0.636. The van der Waals surface area contributed by atoms with Gasteiger partial charge in [-0.2, -0.15) is 0 Å². The van der Waals surface area contributed by atoms with Gasteiger partial charge in [-0.1, -0.05) is 0 Å². The zero-order valence-electron chi connectivity index (χ0n) is 16.7. The molecule has 3 aromatic heterocycles. The predicted octanol–water partition coefficient (Wildman–Crippen LogP) is 3.69. The third-order valence-corrected chi connectivity index (χ3v) is 7.65. The average Bonchev–Trinajstić information content (AvgIpc) is 3.31. The van der Waals surface area contributed by atoms with Crippen molar-refractivity contribution in [2.45, 2.75) is 50.4 Å². The first-order valence-electron chi connectivity index (χ1n) is 10.8. The lowest BCUT2D eigenvalue weighted by molar-refractivity contribution is 0.0227. The molecule has 3 fully saturated rings. The Kier molecular flexibility index (Phi) is 3.82. The van der Waals surface area contributed by atoms with Gasteiger partial charge in [0.05, 0.1) is 17.4 Å². The van der Waals surface area contributed by atoms with Gasteiger partial charge >= 0.3 is 0 Å². The molecule has 1 spiro atoms. The molecule has 6 nitrogen and oxygen atoms in total. The Morgan fingerprint density at radius 3 is 2.71 bits per heavy atom. The van der Waals surface area contributed by atoms with Gasteiger partial charge in [0.15, 0.2) is 11.3 Å². The van der Waals surface area contributed by atoms with Crippen molar-refractivity contribution in [1.29, 1.82) is 0 Å². The maximum atomic E-state index is 5.57. The molecule has 5 heterocycles. The number of nitrogens with zero attached hydrogens (tertiary/aromatic N) is 4. The molecule has 3 aliphatic rings. The number of hydrogen-bond acceptors (Lipinski definition) is 4. The second-order valence-corrected chi connectivity index (χ2v) is 9.39. The van der Waals surface area contributed by atoms with E-state index < -0.39 is 0 Å². The highest BCUT2D eigenvalue weighted by Crippen LogP contribution is 2.56. The molecule has 0 radical (unpaired) electrons. The van der Waals surface area contributed by atoms with Crippen molar-refractivity contribution in [3.8, 4) is 0 Å². The van der Waals surface area contributed by atoms with Gasteiger partial charge < -0.3 is 14.6 Å². The van der Waals surface area contributed by atoms with Gasteiger partial charge in [0, 0.05) is 31.5 Å². The van der Waals surface area contributed by atoms with Gasteiger partial charge in [-0.3, -0.25) is 4.40 Å². The van der Waals surface area contributed by atoms with Crippen LogP contribution >= 0.6 is 0 Å². The van der Waals surface area contributed by atoms with Crippen LogP contribution in [0.1, 0.15) is 61.6 Å². The van der Waals surface area contributed by atoms with Gasteiger partial charge in [-0.05, 0) is 75.6 Å². The Bertz CT molecular complexity index is 999. The molecule has 148 valence electrons. The Balaban J connectivity index is 1.32. The molecule has 1 aliphatic carbocycles. The number of imidazole rings is 1. The summed E-state index contributed by atoms with van der Waals surface area (Å²) in [7, 11) is 2.25. The largest absolute Gasteiger partial charge is 0.381 e. The summed E-state index contributed by atoms with van der Waals surface area (Å²) in [6.07, 6.45) is 13.9. The van der Waals surface area contributed by atoms with Gasteiger partial charge in [0.2, 0.25) is 0 Å². The lowest BCUT2D eigenvalue weighted by atomic mass is 9.57. The van der Waals surface area contributed by atoms with Gasteiger partial charge in [0.1, 0.15) is 0 Å². The van der Waals surface area contributed by atoms with Crippen LogP contribution in [0.4, 0.5) is 0 Å². The number of piperidine rings is 1. The Morgan fingerprint density at radius 2 is 1.93 bits per heavy atom. The molecule has 2 saturated heterocycles. The lowest BCUT2D eigenvalue weighted by Crippen LogP contribution is -2.45. The number of hydrogen-bond donors (Lipinski definition) is 1. The highest BCUT2D eigenvalue weighted by molar-refractivity contribution is 5.79. The Labute approximate surface area is 165 Å². The average molecular weight is 380 g/mol. The third kappa shape index (κ3) is 2.61. The molecule has 0 atom stereocenters. The van der Waals surface area contributed by atoms with Gasteiger partial charge in [0.25, 0.3) is 0 Å². The van der Waals surface area contributed by atoms with Gasteiger partial charge in [-0.15, -0.1) is 0 Å². The topological polar surface area (TPSA) is 58.5 Å². The first-order chi connectivity index (χ1) is 13.7. The van der Waals surface area contributed by atoms with E-state index in [1.165, 1.54) is 55.5 Å². The maximum absolute atomic E-state index is 5.57. The Hall–Kier alpha value is -1.92. The minimum atomic E-state index is 0.548. The number of aromatic nitrogens is 4. The zero-order valence-corrected chi connectivity index (χ0v) is 16.7. The second kappa shape index (κ2) is 6.29. The second-order valence-electron chi connectivity index (χ2n) is 9.39. The van der Waals surface area contributed by atoms with Crippen molar-refractivity contribution in [3.63, 3.8) is 0 Å². The van der Waals surface area contributed by atoms with Crippen molar-refractivity contribution in [2.24, 2.45) is 5.41 Å². The van der Waals surface area contributed by atoms with Crippen LogP contribution in [0.3, 0.4) is 0 Å². The van der Waals surface area contributed by atoms with Crippen molar-refractivity contribution in [2.75, 3.05) is 33.4 Å². The first-order valence-corrected chi connectivity index (χ1v) is 10.8. The summed E-state index contributed by atoms with van der Waals surface area (Å²) in [5.74, 6) is 1.16. The molecule has 28 heavy (non-hydrogen) atoms. The minimum absolute atomic E-state index is 0.548. The molecule has 6 heteroatoms. The van der Waals surface area contributed by atoms with Crippen LogP contribution in [0, 0.1) is 5.41 Å².